The van der Waals surface area contributed by atoms with Gasteiger partial charge < -0.3 is 9.47 Å². The summed E-state index contributed by atoms with van der Waals surface area (Å²) in [6.45, 7) is 0. The Balaban J connectivity index is 2.63. The third kappa shape index (κ3) is 2.40. The molecule has 0 radical (unpaired) electrons. The lowest BCUT2D eigenvalue weighted by atomic mass is 10.1. The molecule has 0 aliphatic rings. The van der Waals surface area contributed by atoms with Gasteiger partial charge in [-0.2, -0.15) is 10.4 Å². The summed E-state index contributed by atoms with van der Waals surface area (Å²) in [4.78, 5) is 11.3. The summed E-state index contributed by atoms with van der Waals surface area (Å²) in [5.41, 5.74) is 0.546. The fourth-order valence-corrected chi connectivity index (χ4v) is 1.64. The maximum absolute atomic E-state index is 11.3. The number of nitrogens with zero attached hydrogens (tertiary/aromatic N) is 2. The predicted octanol–water partition coefficient (Wildman–Crippen LogP) is 1.33. The van der Waals surface area contributed by atoms with Crippen LogP contribution in [0, 0.1) is 11.3 Å². The first-order valence-electron chi connectivity index (χ1n) is 5.42. The molecule has 0 bridgehead atoms. The highest BCUT2D eigenvalue weighted by atomic mass is 16.5. The van der Waals surface area contributed by atoms with E-state index >= 15 is 0 Å². The molecule has 6 nitrogen and oxygen atoms in total. The van der Waals surface area contributed by atoms with Gasteiger partial charge in [0.15, 0.2) is 0 Å². The van der Waals surface area contributed by atoms with Crippen LogP contribution in [0.5, 0.6) is 11.5 Å². The number of rotatable bonds is 3. The Hall–Kier alpha value is -2.81. The minimum absolute atomic E-state index is 0.00475. The minimum atomic E-state index is -0.520. The molecular weight excluding hydrogens is 246 g/mol. The number of ether oxygens (including phenoxy) is 2. The summed E-state index contributed by atoms with van der Waals surface area (Å²) in [5.74, 6) is 1.20. The van der Waals surface area contributed by atoms with Crippen LogP contribution in [-0.4, -0.2) is 24.4 Å². The van der Waals surface area contributed by atoms with Gasteiger partial charge in [0.1, 0.15) is 23.1 Å². The van der Waals surface area contributed by atoms with Crippen LogP contribution in [-0.2, 0) is 0 Å². The van der Waals surface area contributed by atoms with Gasteiger partial charge in [0.2, 0.25) is 0 Å². The van der Waals surface area contributed by atoms with Crippen molar-refractivity contribution in [3.8, 4) is 28.8 Å². The average molecular weight is 257 g/mol. The molecule has 0 atom stereocenters. The number of nitrogens with one attached hydrogen (secondary N) is 1. The molecule has 19 heavy (non-hydrogen) atoms. The normalized spacial score (nSPS) is 9.74. The summed E-state index contributed by atoms with van der Waals surface area (Å²) in [5, 5.41) is 15.1. The third-order valence-corrected chi connectivity index (χ3v) is 2.61. The molecule has 2 rings (SSSR count). The van der Waals surface area contributed by atoms with Gasteiger partial charge in [-0.15, -0.1) is 0 Å². The van der Waals surface area contributed by atoms with Gasteiger partial charge in [-0.25, -0.2) is 5.10 Å². The van der Waals surface area contributed by atoms with Crippen molar-refractivity contribution in [2.24, 2.45) is 0 Å². The van der Waals surface area contributed by atoms with Crippen LogP contribution >= 0.6 is 0 Å². The highest BCUT2D eigenvalue weighted by Gasteiger charge is 2.11. The number of hydrogen-bond donors (Lipinski definition) is 1. The highest BCUT2D eigenvalue weighted by Crippen LogP contribution is 2.31. The molecule has 0 fully saturated rings. The van der Waals surface area contributed by atoms with E-state index < -0.39 is 5.56 Å². The number of nitriles is 1. The molecule has 1 heterocycles. The van der Waals surface area contributed by atoms with Crippen LogP contribution in [0.2, 0.25) is 0 Å². The van der Waals surface area contributed by atoms with E-state index in [-0.39, 0.29) is 5.56 Å². The molecule has 2 aromatic rings. The number of benzene rings is 1. The second-order valence-electron chi connectivity index (χ2n) is 3.67. The van der Waals surface area contributed by atoms with Crippen molar-refractivity contribution in [1.29, 1.82) is 5.26 Å². The number of aromatic amines is 1. The number of aromatic nitrogens is 2. The molecule has 1 N–H and O–H groups in total. The first-order chi connectivity index (χ1) is 9.19. The van der Waals surface area contributed by atoms with Crippen molar-refractivity contribution in [2.75, 3.05) is 14.2 Å². The molecule has 6 heteroatoms. The van der Waals surface area contributed by atoms with Gasteiger partial charge in [-0.05, 0) is 24.3 Å². The van der Waals surface area contributed by atoms with Crippen molar-refractivity contribution >= 4 is 0 Å². The van der Waals surface area contributed by atoms with E-state index in [2.05, 4.69) is 10.2 Å². The van der Waals surface area contributed by atoms with Gasteiger partial charge in [0, 0.05) is 5.56 Å². The molecule has 0 unspecified atom stereocenters. The van der Waals surface area contributed by atoms with Crippen LogP contribution in [0.4, 0.5) is 0 Å². The topological polar surface area (TPSA) is 88.0 Å². The van der Waals surface area contributed by atoms with E-state index in [0.29, 0.717) is 22.8 Å². The lowest BCUT2D eigenvalue weighted by Gasteiger charge is -2.09. The highest BCUT2D eigenvalue weighted by molar-refractivity contribution is 5.69. The van der Waals surface area contributed by atoms with Crippen LogP contribution < -0.4 is 15.0 Å². The van der Waals surface area contributed by atoms with Crippen LogP contribution in [0.3, 0.4) is 0 Å². The largest absolute Gasteiger partial charge is 0.497 e. The van der Waals surface area contributed by atoms with E-state index in [1.165, 1.54) is 13.2 Å². The molecule has 0 aliphatic carbocycles. The molecule has 96 valence electrons. The van der Waals surface area contributed by atoms with Crippen LogP contribution in [0.25, 0.3) is 11.3 Å². The van der Waals surface area contributed by atoms with Gasteiger partial charge in [-0.1, -0.05) is 0 Å². The zero-order valence-electron chi connectivity index (χ0n) is 10.4. The van der Waals surface area contributed by atoms with Gasteiger partial charge >= 0.3 is 0 Å². The Labute approximate surface area is 109 Å². The molecule has 0 saturated carbocycles. The standard InChI is InChI=1S/C13H11N3O3/c1-18-9-3-4-12(19-2)10(6-9)11-5-8(7-14)13(17)16-15-11/h3-6H,1-2H3,(H,16,17). The van der Waals surface area contributed by atoms with E-state index in [1.807, 2.05) is 6.07 Å². The molecule has 0 aliphatic heterocycles. The Morgan fingerprint density at radius 3 is 2.68 bits per heavy atom. The second-order valence-corrected chi connectivity index (χ2v) is 3.67. The van der Waals surface area contributed by atoms with Gasteiger partial charge in [-0.3, -0.25) is 4.79 Å². The SMILES string of the molecule is COc1ccc(OC)c(-c2cc(C#N)c(=O)[nH]n2)c1. The first-order valence-corrected chi connectivity index (χ1v) is 5.42. The van der Waals surface area contributed by atoms with Crippen LogP contribution in [0.15, 0.2) is 29.1 Å². The fourth-order valence-electron chi connectivity index (χ4n) is 1.64. The minimum Gasteiger partial charge on any atom is -0.497 e. The molecule has 0 amide bonds. The smallest absolute Gasteiger partial charge is 0.282 e. The lowest BCUT2D eigenvalue weighted by Crippen LogP contribution is -2.12. The van der Waals surface area contributed by atoms with E-state index in [0.717, 1.165) is 0 Å². The zero-order chi connectivity index (χ0) is 13.8. The van der Waals surface area contributed by atoms with E-state index in [1.54, 1.807) is 25.3 Å². The lowest BCUT2D eigenvalue weighted by molar-refractivity contribution is 0.404. The van der Waals surface area contributed by atoms with Crippen molar-refractivity contribution in [2.45, 2.75) is 0 Å². The Morgan fingerprint density at radius 2 is 2.05 bits per heavy atom. The zero-order valence-corrected chi connectivity index (χ0v) is 10.4. The molecule has 1 aromatic heterocycles. The summed E-state index contributed by atoms with van der Waals surface area (Å²) >= 11 is 0. The van der Waals surface area contributed by atoms with E-state index in [4.69, 9.17) is 14.7 Å². The first kappa shape index (κ1) is 12.6. The Kier molecular flexibility index (Phi) is 3.48. The molecule has 1 aromatic carbocycles. The fraction of sp³-hybridized carbons (Fsp3) is 0.154. The van der Waals surface area contributed by atoms with Gasteiger partial charge in [0.05, 0.1) is 19.9 Å². The number of H-pyrrole nitrogens is 1. The quantitative estimate of drug-likeness (QED) is 0.896. The van der Waals surface area contributed by atoms with Crippen molar-refractivity contribution in [1.82, 2.24) is 10.2 Å². The third-order valence-electron chi connectivity index (χ3n) is 2.61. The predicted molar refractivity (Wildman–Crippen MR) is 68.1 cm³/mol. The molecule has 0 spiro atoms. The van der Waals surface area contributed by atoms with Gasteiger partial charge in [0.25, 0.3) is 5.56 Å². The summed E-state index contributed by atoms with van der Waals surface area (Å²) in [6.07, 6.45) is 0. The van der Waals surface area contributed by atoms with Crippen molar-refractivity contribution < 1.29 is 9.47 Å². The second kappa shape index (κ2) is 5.23. The maximum atomic E-state index is 11.3. The maximum Gasteiger partial charge on any atom is 0.282 e. The Bertz CT molecular complexity index is 701. The Morgan fingerprint density at radius 1 is 1.26 bits per heavy atom. The monoisotopic (exact) mass is 257 g/mol. The molecule has 0 saturated heterocycles. The summed E-state index contributed by atoms with van der Waals surface area (Å²) in [7, 11) is 3.08. The van der Waals surface area contributed by atoms with Crippen molar-refractivity contribution in [3.05, 3.63) is 40.2 Å². The number of hydrogen-bond acceptors (Lipinski definition) is 5. The number of methoxy groups -OCH3 is 2. The molecular formula is C13H11N3O3. The average Bonchev–Trinajstić information content (AvgIpc) is 2.47. The van der Waals surface area contributed by atoms with Crippen LogP contribution in [0.1, 0.15) is 5.56 Å². The van der Waals surface area contributed by atoms with E-state index in [9.17, 15) is 4.79 Å². The van der Waals surface area contributed by atoms with Crippen molar-refractivity contribution in [3.63, 3.8) is 0 Å². The summed E-state index contributed by atoms with van der Waals surface area (Å²) < 4.78 is 10.4. The summed E-state index contributed by atoms with van der Waals surface area (Å²) in [6, 6.07) is 8.43.